The van der Waals surface area contributed by atoms with E-state index in [-0.39, 0.29) is 6.03 Å². The molecule has 1 saturated heterocycles. The molecule has 2 atom stereocenters. The van der Waals surface area contributed by atoms with Crippen molar-refractivity contribution in [2.24, 2.45) is 11.8 Å². The van der Waals surface area contributed by atoms with Crippen LogP contribution in [0.5, 0.6) is 0 Å². The standard InChI is InChI=1S/C17H22ClN5OS/c1-10-6-11(2)9-23(8-10)17-22-21-16(25-17)20-15(24)19-13-5-4-12(3)14(18)7-13/h4-5,7,10-11H,6,8-9H2,1-3H3,(H2,19,20,21,24)/t10-,11-/m0/s1. The molecule has 0 spiro atoms. The molecule has 2 N–H and O–H groups in total. The second-order valence-corrected chi connectivity index (χ2v) is 8.15. The zero-order chi connectivity index (χ0) is 18.0. The van der Waals surface area contributed by atoms with Gasteiger partial charge in [-0.2, -0.15) is 0 Å². The first-order chi connectivity index (χ1) is 11.9. The molecular weight excluding hydrogens is 358 g/mol. The number of carbonyl (C=O) groups excluding carboxylic acids is 1. The molecule has 1 aliphatic heterocycles. The Hall–Kier alpha value is -1.86. The molecule has 0 unspecified atom stereocenters. The van der Waals surface area contributed by atoms with E-state index in [1.807, 2.05) is 19.1 Å². The van der Waals surface area contributed by atoms with Gasteiger partial charge in [-0.05, 0) is 42.9 Å². The van der Waals surface area contributed by atoms with Crippen molar-refractivity contribution in [3.63, 3.8) is 0 Å². The highest BCUT2D eigenvalue weighted by molar-refractivity contribution is 7.19. The van der Waals surface area contributed by atoms with Gasteiger partial charge in [0.05, 0.1) is 0 Å². The van der Waals surface area contributed by atoms with Crippen molar-refractivity contribution in [2.75, 3.05) is 28.6 Å². The number of nitrogens with one attached hydrogen (secondary N) is 2. The fourth-order valence-corrected chi connectivity index (χ4v) is 4.08. The van der Waals surface area contributed by atoms with Crippen LogP contribution in [-0.2, 0) is 0 Å². The lowest BCUT2D eigenvalue weighted by Gasteiger charge is -2.34. The molecule has 0 saturated carbocycles. The highest BCUT2D eigenvalue weighted by Crippen LogP contribution is 2.30. The molecule has 2 heterocycles. The molecule has 6 nitrogen and oxygen atoms in total. The summed E-state index contributed by atoms with van der Waals surface area (Å²) in [6, 6.07) is 5.03. The highest BCUT2D eigenvalue weighted by Gasteiger charge is 2.24. The van der Waals surface area contributed by atoms with Crippen LogP contribution in [0, 0.1) is 18.8 Å². The average Bonchev–Trinajstić information content (AvgIpc) is 2.98. The Morgan fingerprint density at radius 1 is 1.24 bits per heavy atom. The van der Waals surface area contributed by atoms with Crippen molar-refractivity contribution in [1.29, 1.82) is 0 Å². The number of carbonyl (C=O) groups is 1. The van der Waals surface area contributed by atoms with Crippen molar-refractivity contribution >= 4 is 44.9 Å². The van der Waals surface area contributed by atoms with E-state index in [1.54, 1.807) is 6.07 Å². The lowest BCUT2D eigenvalue weighted by molar-refractivity contribution is 0.262. The smallest absolute Gasteiger partial charge is 0.325 e. The van der Waals surface area contributed by atoms with Crippen LogP contribution >= 0.6 is 22.9 Å². The van der Waals surface area contributed by atoms with Gasteiger partial charge in [-0.15, -0.1) is 10.2 Å². The van der Waals surface area contributed by atoms with Crippen LogP contribution in [0.15, 0.2) is 18.2 Å². The summed E-state index contributed by atoms with van der Waals surface area (Å²) < 4.78 is 0. The summed E-state index contributed by atoms with van der Waals surface area (Å²) in [4.78, 5) is 14.4. The first kappa shape index (κ1) is 17.9. The van der Waals surface area contributed by atoms with Gasteiger partial charge in [-0.1, -0.05) is 42.9 Å². The average molecular weight is 380 g/mol. The molecule has 2 aromatic rings. The predicted octanol–water partition coefficient (Wildman–Crippen LogP) is 4.63. The summed E-state index contributed by atoms with van der Waals surface area (Å²) in [6.45, 7) is 8.38. The molecule has 1 aliphatic rings. The van der Waals surface area contributed by atoms with Gasteiger partial charge < -0.3 is 10.2 Å². The number of aromatic nitrogens is 2. The monoisotopic (exact) mass is 379 g/mol. The number of rotatable bonds is 3. The molecule has 0 radical (unpaired) electrons. The van der Waals surface area contributed by atoms with Gasteiger partial charge in [0.2, 0.25) is 10.3 Å². The van der Waals surface area contributed by atoms with E-state index in [0.717, 1.165) is 23.8 Å². The maximum absolute atomic E-state index is 12.1. The minimum absolute atomic E-state index is 0.358. The third-order valence-electron chi connectivity index (χ3n) is 4.20. The Kier molecular flexibility index (Phi) is 5.44. The molecule has 0 bridgehead atoms. The second-order valence-electron chi connectivity index (χ2n) is 6.78. The molecule has 3 rings (SSSR count). The van der Waals surface area contributed by atoms with E-state index in [9.17, 15) is 4.79 Å². The van der Waals surface area contributed by atoms with Crippen molar-refractivity contribution in [3.05, 3.63) is 28.8 Å². The number of anilines is 3. The van der Waals surface area contributed by atoms with Crippen molar-refractivity contribution in [1.82, 2.24) is 10.2 Å². The van der Waals surface area contributed by atoms with E-state index in [2.05, 4.69) is 39.6 Å². The van der Waals surface area contributed by atoms with Crippen LogP contribution in [0.2, 0.25) is 5.02 Å². The van der Waals surface area contributed by atoms with Gasteiger partial charge in [0, 0.05) is 23.8 Å². The van der Waals surface area contributed by atoms with Crippen LogP contribution in [0.25, 0.3) is 0 Å². The summed E-state index contributed by atoms with van der Waals surface area (Å²) in [5, 5.41) is 15.7. The topological polar surface area (TPSA) is 70.1 Å². The first-order valence-electron chi connectivity index (χ1n) is 8.33. The van der Waals surface area contributed by atoms with E-state index in [4.69, 9.17) is 11.6 Å². The number of aryl methyl sites for hydroxylation is 1. The molecule has 8 heteroatoms. The highest BCUT2D eigenvalue weighted by atomic mass is 35.5. The molecule has 0 aliphatic carbocycles. The van der Waals surface area contributed by atoms with Gasteiger partial charge in [0.25, 0.3) is 0 Å². The normalized spacial score (nSPS) is 20.4. The Balaban J connectivity index is 1.60. The zero-order valence-corrected chi connectivity index (χ0v) is 16.1. The largest absolute Gasteiger partial charge is 0.346 e. The number of hydrogen-bond donors (Lipinski definition) is 2. The Bertz CT molecular complexity index is 755. The first-order valence-corrected chi connectivity index (χ1v) is 9.52. The van der Waals surface area contributed by atoms with E-state index < -0.39 is 0 Å². The number of nitrogens with zero attached hydrogens (tertiary/aromatic N) is 3. The Morgan fingerprint density at radius 2 is 1.96 bits per heavy atom. The summed E-state index contributed by atoms with van der Waals surface area (Å²) in [5.74, 6) is 1.28. The number of hydrogen-bond acceptors (Lipinski definition) is 5. The van der Waals surface area contributed by atoms with Crippen molar-refractivity contribution < 1.29 is 4.79 Å². The number of amides is 2. The van der Waals surface area contributed by atoms with Crippen LogP contribution in [-0.4, -0.2) is 29.3 Å². The van der Waals surface area contributed by atoms with Crippen molar-refractivity contribution in [2.45, 2.75) is 27.2 Å². The van der Waals surface area contributed by atoms with Crippen LogP contribution < -0.4 is 15.5 Å². The summed E-state index contributed by atoms with van der Waals surface area (Å²) >= 11 is 7.47. The van der Waals surface area contributed by atoms with Crippen LogP contribution in [0.4, 0.5) is 20.7 Å². The Labute approximate surface area is 156 Å². The molecular formula is C17H22ClN5OS. The fourth-order valence-electron chi connectivity index (χ4n) is 3.14. The van der Waals surface area contributed by atoms with Crippen LogP contribution in [0.1, 0.15) is 25.8 Å². The quantitative estimate of drug-likeness (QED) is 0.815. The zero-order valence-electron chi connectivity index (χ0n) is 14.5. The third-order valence-corrected chi connectivity index (χ3v) is 5.51. The van der Waals surface area contributed by atoms with E-state index in [1.165, 1.54) is 17.8 Å². The van der Waals surface area contributed by atoms with Gasteiger partial charge in [0.1, 0.15) is 0 Å². The van der Waals surface area contributed by atoms with E-state index >= 15 is 0 Å². The van der Waals surface area contributed by atoms with Gasteiger partial charge >= 0.3 is 6.03 Å². The molecule has 2 amide bonds. The van der Waals surface area contributed by atoms with Gasteiger partial charge in [-0.25, -0.2) is 4.79 Å². The fraction of sp³-hybridized carbons (Fsp3) is 0.471. The number of halogens is 1. The van der Waals surface area contributed by atoms with E-state index in [0.29, 0.717) is 27.7 Å². The number of benzene rings is 1. The molecule has 1 fully saturated rings. The summed E-state index contributed by atoms with van der Waals surface area (Å²) in [5.41, 5.74) is 1.60. The lowest BCUT2D eigenvalue weighted by atomic mass is 9.92. The summed E-state index contributed by atoms with van der Waals surface area (Å²) in [6.07, 6.45) is 1.24. The van der Waals surface area contributed by atoms with Gasteiger partial charge in [0.15, 0.2) is 0 Å². The number of piperidine rings is 1. The SMILES string of the molecule is Cc1ccc(NC(=O)Nc2nnc(N3C[C@@H](C)C[C@H](C)C3)s2)cc1Cl. The van der Waals surface area contributed by atoms with Gasteiger partial charge in [-0.3, -0.25) is 5.32 Å². The minimum atomic E-state index is -0.358. The maximum Gasteiger partial charge on any atom is 0.325 e. The Morgan fingerprint density at radius 3 is 2.64 bits per heavy atom. The molecule has 1 aromatic carbocycles. The maximum atomic E-state index is 12.1. The minimum Gasteiger partial charge on any atom is -0.346 e. The predicted molar refractivity (Wildman–Crippen MR) is 104 cm³/mol. The van der Waals surface area contributed by atoms with Crippen molar-refractivity contribution in [3.8, 4) is 0 Å². The molecule has 1 aromatic heterocycles. The summed E-state index contributed by atoms with van der Waals surface area (Å²) in [7, 11) is 0. The van der Waals surface area contributed by atoms with Crippen LogP contribution in [0.3, 0.4) is 0 Å². The molecule has 25 heavy (non-hydrogen) atoms. The molecule has 134 valence electrons. The number of urea groups is 1. The lowest BCUT2D eigenvalue weighted by Crippen LogP contribution is -2.38. The third kappa shape index (κ3) is 4.61. The second kappa shape index (κ2) is 7.58.